The van der Waals surface area contributed by atoms with Gasteiger partial charge in [0.05, 0.1) is 24.9 Å². The first-order valence-corrected chi connectivity index (χ1v) is 6.04. The Bertz CT molecular complexity index is 497. The minimum atomic E-state index is -1.05. The van der Waals surface area contributed by atoms with Gasteiger partial charge in [0, 0.05) is 6.04 Å². The number of carbonyl (C=O) groups excluding carboxylic acids is 1. The molecule has 102 valence electrons. The van der Waals surface area contributed by atoms with Crippen molar-refractivity contribution in [2.24, 2.45) is 0 Å². The Morgan fingerprint density at radius 2 is 2.16 bits per heavy atom. The summed E-state index contributed by atoms with van der Waals surface area (Å²) in [4.78, 5) is 22.6. The number of carboxylic acids is 1. The zero-order chi connectivity index (χ0) is 13.8. The van der Waals surface area contributed by atoms with Gasteiger partial charge in [-0.2, -0.15) is 0 Å². The number of carbonyl (C=O) groups is 2. The van der Waals surface area contributed by atoms with Crippen LogP contribution < -0.4 is 15.4 Å². The number of rotatable bonds is 6. The lowest BCUT2D eigenvalue weighted by Gasteiger charge is -2.11. The molecule has 0 aromatic heterocycles. The second-order valence-corrected chi connectivity index (χ2v) is 4.42. The maximum absolute atomic E-state index is 11.7. The van der Waals surface area contributed by atoms with E-state index in [0.29, 0.717) is 17.5 Å². The van der Waals surface area contributed by atoms with Gasteiger partial charge in [0.2, 0.25) is 5.91 Å². The van der Waals surface area contributed by atoms with Crippen LogP contribution in [0, 0.1) is 0 Å². The molecular weight excluding hydrogens is 248 g/mol. The van der Waals surface area contributed by atoms with Crippen molar-refractivity contribution in [3.63, 3.8) is 0 Å². The van der Waals surface area contributed by atoms with Crippen LogP contribution >= 0.6 is 0 Å². The Kier molecular flexibility index (Phi) is 4.01. The van der Waals surface area contributed by atoms with Crippen LogP contribution in [0.4, 0.5) is 5.69 Å². The van der Waals surface area contributed by atoms with Crippen molar-refractivity contribution in [3.05, 3.63) is 23.8 Å². The molecule has 1 fully saturated rings. The minimum absolute atomic E-state index is 0.103. The lowest BCUT2D eigenvalue weighted by molar-refractivity contribution is -0.115. The molecule has 1 aliphatic carbocycles. The van der Waals surface area contributed by atoms with E-state index in [1.807, 2.05) is 0 Å². The number of benzene rings is 1. The molecule has 1 amide bonds. The molecule has 1 aromatic carbocycles. The number of anilines is 1. The summed E-state index contributed by atoms with van der Waals surface area (Å²) < 4.78 is 5.09. The summed E-state index contributed by atoms with van der Waals surface area (Å²) in [5.74, 6) is -0.827. The number of hydrogen-bond donors (Lipinski definition) is 3. The van der Waals surface area contributed by atoms with Gasteiger partial charge in [-0.05, 0) is 31.0 Å². The zero-order valence-corrected chi connectivity index (χ0v) is 10.6. The molecule has 0 unspecified atom stereocenters. The molecule has 1 saturated carbocycles. The smallest absolute Gasteiger partial charge is 0.335 e. The van der Waals surface area contributed by atoms with Gasteiger partial charge in [-0.25, -0.2) is 4.79 Å². The molecule has 0 bridgehead atoms. The molecule has 0 atom stereocenters. The normalized spacial score (nSPS) is 13.9. The third kappa shape index (κ3) is 3.69. The molecule has 1 aromatic rings. The number of ether oxygens (including phenoxy) is 1. The molecule has 0 radical (unpaired) electrons. The van der Waals surface area contributed by atoms with E-state index in [-0.39, 0.29) is 18.0 Å². The van der Waals surface area contributed by atoms with Gasteiger partial charge >= 0.3 is 5.97 Å². The molecular formula is C13H16N2O4. The fourth-order valence-electron chi connectivity index (χ4n) is 1.66. The largest absolute Gasteiger partial charge is 0.495 e. The second-order valence-electron chi connectivity index (χ2n) is 4.42. The molecule has 0 heterocycles. The quantitative estimate of drug-likeness (QED) is 0.715. The maximum atomic E-state index is 11.7. The summed E-state index contributed by atoms with van der Waals surface area (Å²) in [6.07, 6.45) is 2.20. The van der Waals surface area contributed by atoms with E-state index >= 15 is 0 Å². The first-order valence-electron chi connectivity index (χ1n) is 6.04. The number of nitrogens with one attached hydrogen (secondary N) is 2. The first kappa shape index (κ1) is 13.4. The molecule has 6 nitrogen and oxygen atoms in total. The van der Waals surface area contributed by atoms with Gasteiger partial charge in [0.15, 0.2) is 0 Å². The molecule has 0 saturated heterocycles. The predicted molar refractivity (Wildman–Crippen MR) is 69.6 cm³/mol. The van der Waals surface area contributed by atoms with Crippen LogP contribution in [0.5, 0.6) is 5.75 Å². The molecule has 2 rings (SSSR count). The highest BCUT2D eigenvalue weighted by Crippen LogP contribution is 2.25. The summed E-state index contributed by atoms with van der Waals surface area (Å²) >= 11 is 0. The minimum Gasteiger partial charge on any atom is -0.495 e. The highest BCUT2D eigenvalue weighted by molar-refractivity contribution is 5.96. The highest BCUT2D eigenvalue weighted by atomic mass is 16.5. The van der Waals surface area contributed by atoms with E-state index < -0.39 is 5.97 Å². The standard InChI is InChI=1S/C13H16N2O4/c1-19-11-5-2-8(13(17)18)6-10(11)15-12(16)7-14-9-3-4-9/h2,5-6,9,14H,3-4,7H2,1H3,(H,15,16)(H,17,18). The van der Waals surface area contributed by atoms with E-state index in [1.165, 1.54) is 25.3 Å². The third-order valence-corrected chi connectivity index (χ3v) is 2.85. The summed E-state index contributed by atoms with van der Waals surface area (Å²) in [7, 11) is 1.47. The fourth-order valence-corrected chi connectivity index (χ4v) is 1.66. The number of amides is 1. The second kappa shape index (κ2) is 5.71. The Labute approximate surface area is 110 Å². The molecule has 3 N–H and O–H groups in total. The van der Waals surface area contributed by atoms with Gasteiger partial charge < -0.3 is 20.5 Å². The van der Waals surface area contributed by atoms with Crippen LogP contribution in [0.3, 0.4) is 0 Å². The summed E-state index contributed by atoms with van der Waals surface area (Å²) in [6, 6.07) is 4.78. The van der Waals surface area contributed by atoms with E-state index in [0.717, 1.165) is 12.8 Å². The average molecular weight is 264 g/mol. The molecule has 0 aliphatic heterocycles. The third-order valence-electron chi connectivity index (χ3n) is 2.85. The number of aromatic carboxylic acids is 1. The van der Waals surface area contributed by atoms with Crippen LogP contribution in [-0.2, 0) is 4.79 Å². The molecule has 1 aliphatic rings. The van der Waals surface area contributed by atoms with Crippen molar-refractivity contribution in [2.75, 3.05) is 19.0 Å². The maximum Gasteiger partial charge on any atom is 0.335 e. The van der Waals surface area contributed by atoms with Gasteiger partial charge in [-0.3, -0.25) is 4.79 Å². The van der Waals surface area contributed by atoms with Gasteiger partial charge in [-0.1, -0.05) is 0 Å². The van der Waals surface area contributed by atoms with Gasteiger partial charge in [0.1, 0.15) is 5.75 Å². The van der Waals surface area contributed by atoms with E-state index in [1.54, 1.807) is 0 Å². The highest BCUT2D eigenvalue weighted by Gasteiger charge is 2.21. The van der Waals surface area contributed by atoms with Crippen LogP contribution in [0.15, 0.2) is 18.2 Å². The Morgan fingerprint density at radius 3 is 2.74 bits per heavy atom. The first-order chi connectivity index (χ1) is 9.10. The van der Waals surface area contributed by atoms with Gasteiger partial charge in [0.25, 0.3) is 0 Å². The number of hydrogen-bond acceptors (Lipinski definition) is 4. The Morgan fingerprint density at radius 1 is 1.42 bits per heavy atom. The summed E-state index contributed by atoms with van der Waals surface area (Å²) in [6.45, 7) is 0.213. The van der Waals surface area contributed by atoms with Crippen molar-refractivity contribution < 1.29 is 19.4 Å². The van der Waals surface area contributed by atoms with Crippen molar-refractivity contribution in [2.45, 2.75) is 18.9 Å². The molecule has 0 spiro atoms. The number of carboxylic acid groups (broad SMARTS) is 1. The van der Waals surface area contributed by atoms with Crippen molar-refractivity contribution in [1.29, 1.82) is 0 Å². The SMILES string of the molecule is COc1ccc(C(=O)O)cc1NC(=O)CNC1CC1. The van der Waals surface area contributed by atoms with Crippen LogP contribution in [-0.4, -0.2) is 36.7 Å². The van der Waals surface area contributed by atoms with Crippen LogP contribution in [0.2, 0.25) is 0 Å². The Hall–Kier alpha value is -2.08. The summed E-state index contributed by atoms with van der Waals surface area (Å²) in [5, 5.41) is 14.7. The van der Waals surface area contributed by atoms with Crippen LogP contribution in [0.1, 0.15) is 23.2 Å². The Balaban J connectivity index is 2.05. The van der Waals surface area contributed by atoms with Crippen molar-refractivity contribution in [3.8, 4) is 5.75 Å². The van der Waals surface area contributed by atoms with E-state index in [9.17, 15) is 9.59 Å². The lowest BCUT2D eigenvalue weighted by atomic mass is 10.2. The average Bonchev–Trinajstić information content (AvgIpc) is 3.20. The van der Waals surface area contributed by atoms with Crippen molar-refractivity contribution in [1.82, 2.24) is 5.32 Å². The predicted octanol–water partition coefficient (Wildman–Crippen LogP) is 1.08. The number of methoxy groups -OCH3 is 1. The lowest BCUT2D eigenvalue weighted by Crippen LogP contribution is -2.29. The van der Waals surface area contributed by atoms with Gasteiger partial charge in [-0.15, -0.1) is 0 Å². The van der Waals surface area contributed by atoms with Crippen LogP contribution in [0.25, 0.3) is 0 Å². The fraction of sp³-hybridized carbons (Fsp3) is 0.385. The molecule has 6 heteroatoms. The topological polar surface area (TPSA) is 87.7 Å². The van der Waals surface area contributed by atoms with Crippen molar-refractivity contribution >= 4 is 17.6 Å². The van der Waals surface area contributed by atoms with E-state index in [4.69, 9.17) is 9.84 Å². The summed E-state index contributed by atoms with van der Waals surface area (Å²) in [5.41, 5.74) is 0.469. The van der Waals surface area contributed by atoms with E-state index in [2.05, 4.69) is 10.6 Å². The zero-order valence-electron chi connectivity index (χ0n) is 10.6. The monoisotopic (exact) mass is 264 g/mol. The molecule has 19 heavy (non-hydrogen) atoms.